The summed E-state index contributed by atoms with van der Waals surface area (Å²) < 4.78 is 3.14. The van der Waals surface area contributed by atoms with E-state index in [2.05, 4.69) is 27.5 Å². The van der Waals surface area contributed by atoms with Crippen molar-refractivity contribution in [3.63, 3.8) is 0 Å². The first kappa shape index (κ1) is 23.5. The Labute approximate surface area is 213 Å². The summed E-state index contributed by atoms with van der Waals surface area (Å²) in [4.78, 5) is 30.0. The Balaban J connectivity index is 1.36. The molecule has 2 aromatic heterocycles. The Hall–Kier alpha value is -4.23. The number of aryl methyl sites for hydroxylation is 2. The fraction of sp³-hybridized carbons (Fsp3) is 0.143. The van der Waals surface area contributed by atoms with E-state index >= 15 is 0 Å². The number of carbonyl (C=O) groups is 1. The minimum atomic E-state index is -0.388. The van der Waals surface area contributed by atoms with E-state index in [0.29, 0.717) is 28.7 Å². The third kappa shape index (κ3) is 5.37. The Bertz CT molecular complexity index is 1560. The molecule has 0 radical (unpaired) electrons. The SMILES string of the molecule is O=C(Cn1nc(-c2ccccc2)ccc1=O)Nc1nc2cc(Cl)ccc2n1CCCc1ccccc1. The number of carbonyl (C=O) groups excluding carboxylic acids is 1. The molecule has 3 aromatic carbocycles. The highest BCUT2D eigenvalue weighted by molar-refractivity contribution is 6.31. The molecule has 0 aliphatic carbocycles. The zero-order valence-corrected chi connectivity index (χ0v) is 20.2. The van der Waals surface area contributed by atoms with Gasteiger partial charge >= 0.3 is 0 Å². The van der Waals surface area contributed by atoms with E-state index in [-0.39, 0.29) is 18.0 Å². The number of benzene rings is 3. The minimum absolute atomic E-state index is 0.229. The molecular weight excluding hydrogens is 474 g/mol. The van der Waals surface area contributed by atoms with Crippen LogP contribution in [0.3, 0.4) is 0 Å². The van der Waals surface area contributed by atoms with Gasteiger partial charge in [0.2, 0.25) is 11.9 Å². The number of hydrogen-bond acceptors (Lipinski definition) is 4. The van der Waals surface area contributed by atoms with Crippen LogP contribution in [0.2, 0.25) is 5.02 Å². The van der Waals surface area contributed by atoms with Crippen molar-refractivity contribution in [2.24, 2.45) is 0 Å². The molecule has 1 N–H and O–H groups in total. The Morgan fingerprint density at radius 2 is 1.67 bits per heavy atom. The predicted molar refractivity (Wildman–Crippen MR) is 142 cm³/mol. The lowest BCUT2D eigenvalue weighted by Gasteiger charge is -2.11. The monoisotopic (exact) mass is 497 g/mol. The molecule has 5 aromatic rings. The van der Waals surface area contributed by atoms with Crippen molar-refractivity contribution < 1.29 is 4.79 Å². The molecule has 0 unspecified atom stereocenters. The van der Waals surface area contributed by atoms with Crippen molar-refractivity contribution in [2.45, 2.75) is 25.9 Å². The number of rotatable bonds is 8. The zero-order valence-electron chi connectivity index (χ0n) is 19.5. The fourth-order valence-electron chi connectivity index (χ4n) is 4.14. The summed E-state index contributed by atoms with van der Waals surface area (Å²) >= 11 is 6.18. The minimum Gasteiger partial charge on any atom is -0.310 e. The number of halogens is 1. The third-order valence-corrected chi connectivity index (χ3v) is 6.12. The molecule has 0 fully saturated rings. The van der Waals surface area contributed by atoms with E-state index in [9.17, 15) is 9.59 Å². The lowest BCUT2D eigenvalue weighted by molar-refractivity contribution is -0.117. The van der Waals surface area contributed by atoms with Crippen LogP contribution < -0.4 is 10.9 Å². The largest absolute Gasteiger partial charge is 0.310 e. The molecule has 180 valence electrons. The maximum absolute atomic E-state index is 13.0. The van der Waals surface area contributed by atoms with Crippen LogP contribution in [-0.4, -0.2) is 25.2 Å². The Morgan fingerprint density at radius 1 is 0.917 bits per heavy atom. The van der Waals surface area contributed by atoms with Crippen LogP contribution >= 0.6 is 11.6 Å². The number of imidazole rings is 1. The van der Waals surface area contributed by atoms with E-state index < -0.39 is 0 Å². The predicted octanol–water partition coefficient (Wildman–Crippen LogP) is 5.18. The standard InChI is InChI=1S/C28H24ClN5O2/c29-22-13-15-25-24(18-22)30-28(33(25)17-7-10-20-8-3-1-4-9-20)31-26(35)19-34-27(36)16-14-23(32-34)21-11-5-2-6-12-21/h1-6,8-9,11-16,18H,7,10,17,19H2,(H,30,31,35). The normalized spacial score (nSPS) is 11.0. The molecule has 0 saturated carbocycles. The highest BCUT2D eigenvalue weighted by Gasteiger charge is 2.15. The molecule has 0 bridgehead atoms. The van der Waals surface area contributed by atoms with Crippen molar-refractivity contribution in [1.82, 2.24) is 19.3 Å². The van der Waals surface area contributed by atoms with Crippen molar-refractivity contribution in [2.75, 3.05) is 5.32 Å². The zero-order chi connectivity index (χ0) is 24.9. The molecule has 0 spiro atoms. The van der Waals surface area contributed by atoms with Crippen LogP contribution in [-0.2, 0) is 24.3 Å². The summed E-state index contributed by atoms with van der Waals surface area (Å²) in [5.41, 5.74) is 3.95. The summed E-state index contributed by atoms with van der Waals surface area (Å²) in [6.07, 6.45) is 1.76. The summed E-state index contributed by atoms with van der Waals surface area (Å²) in [5, 5.41) is 7.83. The topological polar surface area (TPSA) is 81.8 Å². The van der Waals surface area contributed by atoms with Gasteiger partial charge in [0.15, 0.2) is 0 Å². The highest BCUT2D eigenvalue weighted by atomic mass is 35.5. The van der Waals surface area contributed by atoms with Gasteiger partial charge in [0, 0.05) is 23.2 Å². The average Bonchev–Trinajstić information content (AvgIpc) is 3.22. The molecule has 8 heteroatoms. The number of aromatic nitrogens is 4. The highest BCUT2D eigenvalue weighted by Crippen LogP contribution is 2.24. The van der Waals surface area contributed by atoms with Gasteiger partial charge in [0.25, 0.3) is 5.56 Å². The quantitative estimate of drug-likeness (QED) is 0.320. The summed E-state index contributed by atoms with van der Waals surface area (Å²) in [5.74, 6) is 0.0260. The van der Waals surface area contributed by atoms with Gasteiger partial charge in [-0.15, -0.1) is 0 Å². The Kier molecular flexibility index (Phi) is 6.91. The van der Waals surface area contributed by atoms with E-state index in [1.54, 1.807) is 12.1 Å². The van der Waals surface area contributed by atoms with Crippen LogP contribution in [0.15, 0.2) is 95.8 Å². The first-order chi connectivity index (χ1) is 17.6. The number of hydrogen-bond donors (Lipinski definition) is 1. The molecule has 5 rings (SSSR count). The summed E-state index contributed by atoms with van der Waals surface area (Å²) in [6.45, 7) is 0.428. The molecule has 0 saturated heterocycles. The average molecular weight is 498 g/mol. The maximum atomic E-state index is 13.0. The number of fused-ring (bicyclic) bond motifs is 1. The molecule has 0 atom stereocenters. The Morgan fingerprint density at radius 3 is 2.44 bits per heavy atom. The van der Waals surface area contributed by atoms with Crippen LogP contribution in [0.4, 0.5) is 5.95 Å². The first-order valence-electron chi connectivity index (χ1n) is 11.7. The molecule has 0 aliphatic rings. The summed E-state index contributed by atoms with van der Waals surface area (Å²) in [6, 6.07) is 28.3. The second-order valence-corrected chi connectivity index (χ2v) is 8.87. The van der Waals surface area contributed by atoms with Gasteiger partial charge < -0.3 is 4.57 Å². The first-order valence-corrected chi connectivity index (χ1v) is 12.1. The maximum Gasteiger partial charge on any atom is 0.267 e. The van der Waals surface area contributed by atoms with Crippen molar-refractivity contribution >= 4 is 34.5 Å². The van der Waals surface area contributed by atoms with Crippen LogP contribution in [0.5, 0.6) is 0 Å². The van der Waals surface area contributed by atoms with Gasteiger partial charge in [-0.1, -0.05) is 72.3 Å². The molecule has 1 amide bonds. The molecule has 36 heavy (non-hydrogen) atoms. The van der Waals surface area contributed by atoms with Crippen LogP contribution in [0.1, 0.15) is 12.0 Å². The third-order valence-electron chi connectivity index (χ3n) is 5.88. The summed E-state index contributed by atoms with van der Waals surface area (Å²) in [7, 11) is 0. The van der Waals surface area contributed by atoms with Gasteiger partial charge in [-0.2, -0.15) is 5.10 Å². The van der Waals surface area contributed by atoms with Crippen molar-refractivity contribution in [3.05, 3.63) is 112 Å². The van der Waals surface area contributed by atoms with E-state index in [4.69, 9.17) is 11.6 Å². The second-order valence-electron chi connectivity index (χ2n) is 8.44. The van der Waals surface area contributed by atoms with Gasteiger partial charge in [-0.3, -0.25) is 14.9 Å². The lowest BCUT2D eigenvalue weighted by Crippen LogP contribution is -2.30. The number of amides is 1. The van der Waals surface area contributed by atoms with Crippen molar-refractivity contribution in [1.29, 1.82) is 0 Å². The molecule has 2 heterocycles. The van der Waals surface area contributed by atoms with Gasteiger partial charge in [0.1, 0.15) is 6.54 Å². The number of anilines is 1. The van der Waals surface area contributed by atoms with Gasteiger partial charge in [-0.25, -0.2) is 9.67 Å². The second kappa shape index (κ2) is 10.6. The van der Waals surface area contributed by atoms with Crippen LogP contribution in [0.25, 0.3) is 22.3 Å². The van der Waals surface area contributed by atoms with Crippen LogP contribution in [0, 0.1) is 0 Å². The van der Waals surface area contributed by atoms with Gasteiger partial charge in [-0.05, 0) is 42.7 Å². The molecule has 0 aliphatic heterocycles. The van der Waals surface area contributed by atoms with Gasteiger partial charge in [0.05, 0.1) is 16.7 Å². The smallest absolute Gasteiger partial charge is 0.267 e. The lowest BCUT2D eigenvalue weighted by atomic mass is 10.1. The number of nitrogens with one attached hydrogen (secondary N) is 1. The molecule has 7 nitrogen and oxygen atoms in total. The fourth-order valence-corrected chi connectivity index (χ4v) is 4.30. The van der Waals surface area contributed by atoms with E-state index in [0.717, 1.165) is 28.6 Å². The van der Waals surface area contributed by atoms with Crippen molar-refractivity contribution in [3.8, 4) is 11.3 Å². The van der Waals surface area contributed by atoms with E-state index in [1.807, 2.05) is 65.2 Å². The van der Waals surface area contributed by atoms with E-state index in [1.165, 1.54) is 11.6 Å². The molecular formula is C28H24ClN5O2. The number of nitrogens with zero attached hydrogens (tertiary/aromatic N) is 4.